The van der Waals surface area contributed by atoms with Gasteiger partial charge in [0.05, 0.1) is 23.4 Å². The molecular weight excluding hydrogens is 416 g/mol. The Morgan fingerprint density at radius 2 is 1.85 bits per heavy atom. The average molecular weight is 445 g/mol. The third-order valence-electron chi connectivity index (χ3n) is 5.26. The van der Waals surface area contributed by atoms with E-state index in [4.69, 9.17) is 20.4 Å². The van der Waals surface area contributed by atoms with Gasteiger partial charge >= 0.3 is 0 Å². The number of nitrogens with zero attached hydrogens (tertiary/aromatic N) is 4. The van der Waals surface area contributed by atoms with Crippen LogP contribution in [-0.4, -0.2) is 46.0 Å². The second-order valence-electron chi connectivity index (χ2n) is 8.09. The first kappa shape index (κ1) is 22.4. The summed E-state index contributed by atoms with van der Waals surface area (Å²) in [6.45, 7) is 7.00. The molecular formula is C25H28N6O2. The van der Waals surface area contributed by atoms with Crippen LogP contribution in [-0.2, 0) is 4.74 Å². The number of aromatic nitrogens is 3. The van der Waals surface area contributed by atoms with Crippen LogP contribution in [0.4, 0.5) is 5.82 Å². The number of nitrogen functional groups attached to an aromatic ring is 1. The molecule has 0 spiro atoms. The molecule has 0 fully saturated rings. The zero-order valence-corrected chi connectivity index (χ0v) is 19.1. The van der Waals surface area contributed by atoms with E-state index in [1.807, 2.05) is 69.3 Å². The molecule has 8 nitrogen and oxygen atoms in total. The molecule has 3 N–H and O–H groups in total. The van der Waals surface area contributed by atoms with Crippen molar-refractivity contribution < 1.29 is 9.53 Å². The first-order chi connectivity index (χ1) is 16.0. The third kappa shape index (κ3) is 4.85. The lowest BCUT2D eigenvalue weighted by atomic mass is 10.1. The second-order valence-corrected chi connectivity index (χ2v) is 8.09. The summed E-state index contributed by atoms with van der Waals surface area (Å²) in [5.74, 6) is -0.113. The molecule has 0 saturated carbocycles. The molecule has 8 heteroatoms. The highest BCUT2D eigenvalue weighted by Crippen LogP contribution is 2.27. The van der Waals surface area contributed by atoms with Gasteiger partial charge in [-0.2, -0.15) is 9.78 Å². The molecule has 0 bridgehead atoms. The second kappa shape index (κ2) is 9.79. The molecule has 2 aromatic heterocycles. The van der Waals surface area contributed by atoms with Crippen molar-refractivity contribution in [3.05, 3.63) is 65.2 Å². The number of benzene rings is 2. The first-order valence-corrected chi connectivity index (χ1v) is 11.0. The van der Waals surface area contributed by atoms with Gasteiger partial charge in [-0.15, -0.1) is 0 Å². The Hall–Kier alpha value is -3.78. The molecule has 1 amide bonds. The largest absolute Gasteiger partial charge is 0.383 e. The number of fused-ring (bicyclic) bond motifs is 2. The average Bonchev–Trinajstić information content (AvgIpc) is 3.06. The molecule has 0 unspecified atom stereocenters. The minimum Gasteiger partial charge on any atom is -0.383 e. The number of anilines is 1. The number of para-hydroxylation sites is 2. The van der Waals surface area contributed by atoms with Crippen LogP contribution in [0.25, 0.3) is 22.2 Å². The zero-order valence-electron chi connectivity index (χ0n) is 19.1. The topological polar surface area (TPSA) is 107 Å². The normalized spacial score (nSPS) is 11.8. The molecule has 0 atom stereocenters. The van der Waals surface area contributed by atoms with Gasteiger partial charge in [-0.25, -0.2) is 9.97 Å². The van der Waals surface area contributed by atoms with Crippen LogP contribution in [0.1, 0.15) is 41.8 Å². The maximum absolute atomic E-state index is 13.1. The van der Waals surface area contributed by atoms with E-state index in [9.17, 15) is 4.79 Å². The number of hydrogen-bond donors (Lipinski definition) is 2. The minimum atomic E-state index is -0.309. The lowest BCUT2D eigenvalue weighted by Gasteiger charge is -2.08. The zero-order chi connectivity index (χ0) is 23.4. The summed E-state index contributed by atoms with van der Waals surface area (Å²) >= 11 is 0. The molecule has 4 rings (SSSR count). The SMILES string of the molecule is Cc1ccccc1C=Nn1c(N)c(C(=O)NCCCOC(C)C)c2nc3ccccc3nc21. The van der Waals surface area contributed by atoms with Crippen LogP contribution in [0.5, 0.6) is 0 Å². The van der Waals surface area contributed by atoms with Crippen molar-refractivity contribution >= 4 is 40.1 Å². The van der Waals surface area contributed by atoms with Crippen LogP contribution in [0, 0.1) is 6.92 Å². The van der Waals surface area contributed by atoms with Crippen molar-refractivity contribution in [1.82, 2.24) is 20.0 Å². The number of rotatable bonds is 8. The predicted octanol–water partition coefficient (Wildman–Crippen LogP) is 3.90. The number of nitrogens with two attached hydrogens (primary N) is 1. The van der Waals surface area contributed by atoms with Gasteiger partial charge in [-0.1, -0.05) is 36.4 Å². The van der Waals surface area contributed by atoms with E-state index >= 15 is 0 Å². The Labute approximate surface area is 192 Å². The Morgan fingerprint density at radius 1 is 1.15 bits per heavy atom. The number of carbonyl (C=O) groups is 1. The van der Waals surface area contributed by atoms with E-state index in [0.717, 1.165) is 11.1 Å². The summed E-state index contributed by atoms with van der Waals surface area (Å²) in [5, 5.41) is 7.49. The standard InChI is InChI=1S/C25H28N6O2/c1-16(2)33-14-8-13-27-25(32)21-22-24(30-20-12-7-6-11-19(20)29-22)31(23(21)26)28-15-18-10-5-4-9-17(18)3/h4-7,9-12,15-16H,8,13-14,26H2,1-3H3,(H,27,32). The molecule has 0 saturated heterocycles. The molecule has 4 aromatic rings. The highest BCUT2D eigenvalue weighted by Gasteiger charge is 2.23. The van der Waals surface area contributed by atoms with E-state index in [2.05, 4.69) is 10.4 Å². The number of aryl methyl sites for hydroxylation is 1. The maximum atomic E-state index is 13.1. The van der Waals surface area contributed by atoms with E-state index in [-0.39, 0.29) is 23.4 Å². The van der Waals surface area contributed by atoms with Gasteiger partial charge in [0.2, 0.25) is 0 Å². The number of ether oxygens (including phenoxy) is 1. The van der Waals surface area contributed by atoms with Crippen molar-refractivity contribution in [2.24, 2.45) is 5.10 Å². The highest BCUT2D eigenvalue weighted by atomic mass is 16.5. The number of hydrogen-bond acceptors (Lipinski definition) is 6. The van der Waals surface area contributed by atoms with Gasteiger partial charge in [0.15, 0.2) is 5.65 Å². The van der Waals surface area contributed by atoms with E-state index < -0.39 is 0 Å². The molecule has 0 aliphatic heterocycles. The smallest absolute Gasteiger partial charge is 0.257 e. The lowest BCUT2D eigenvalue weighted by molar-refractivity contribution is 0.0757. The molecule has 2 aromatic carbocycles. The third-order valence-corrected chi connectivity index (χ3v) is 5.26. The van der Waals surface area contributed by atoms with Crippen molar-refractivity contribution in [3.63, 3.8) is 0 Å². The quantitative estimate of drug-likeness (QED) is 0.317. The summed E-state index contributed by atoms with van der Waals surface area (Å²) in [7, 11) is 0. The lowest BCUT2D eigenvalue weighted by Crippen LogP contribution is -2.26. The maximum Gasteiger partial charge on any atom is 0.257 e. The number of nitrogens with one attached hydrogen (secondary N) is 1. The van der Waals surface area contributed by atoms with Crippen molar-refractivity contribution in [2.45, 2.75) is 33.3 Å². The minimum absolute atomic E-state index is 0.156. The van der Waals surface area contributed by atoms with E-state index in [0.29, 0.717) is 41.8 Å². The summed E-state index contributed by atoms with van der Waals surface area (Å²) in [5.41, 5.74) is 11.0. The van der Waals surface area contributed by atoms with E-state index in [1.165, 1.54) is 4.68 Å². The summed E-state index contributed by atoms with van der Waals surface area (Å²) < 4.78 is 7.02. The van der Waals surface area contributed by atoms with Crippen LogP contribution >= 0.6 is 0 Å². The highest BCUT2D eigenvalue weighted by molar-refractivity contribution is 6.10. The van der Waals surface area contributed by atoms with Crippen molar-refractivity contribution in [2.75, 3.05) is 18.9 Å². The van der Waals surface area contributed by atoms with Gasteiger partial charge in [-0.3, -0.25) is 4.79 Å². The van der Waals surface area contributed by atoms with Crippen molar-refractivity contribution in [1.29, 1.82) is 0 Å². The summed E-state index contributed by atoms with van der Waals surface area (Å²) in [6, 6.07) is 15.4. The van der Waals surface area contributed by atoms with Gasteiger partial charge in [0.1, 0.15) is 16.9 Å². The first-order valence-electron chi connectivity index (χ1n) is 11.0. The molecule has 0 aliphatic rings. The molecule has 0 radical (unpaired) electrons. The fraction of sp³-hybridized carbons (Fsp3) is 0.280. The van der Waals surface area contributed by atoms with Gasteiger partial charge in [0, 0.05) is 13.2 Å². The van der Waals surface area contributed by atoms with Gasteiger partial charge in [0.25, 0.3) is 5.91 Å². The monoisotopic (exact) mass is 444 g/mol. The molecule has 33 heavy (non-hydrogen) atoms. The Kier molecular flexibility index (Phi) is 6.65. The Balaban J connectivity index is 1.73. The Morgan fingerprint density at radius 3 is 2.58 bits per heavy atom. The summed E-state index contributed by atoms with van der Waals surface area (Å²) in [6.07, 6.45) is 2.57. The number of carbonyl (C=O) groups excluding carboxylic acids is 1. The fourth-order valence-electron chi connectivity index (χ4n) is 3.52. The molecule has 2 heterocycles. The van der Waals surface area contributed by atoms with E-state index in [1.54, 1.807) is 6.21 Å². The van der Waals surface area contributed by atoms with Crippen LogP contribution in [0.2, 0.25) is 0 Å². The van der Waals surface area contributed by atoms with Crippen LogP contribution < -0.4 is 11.1 Å². The Bertz CT molecular complexity index is 1330. The summed E-state index contributed by atoms with van der Waals surface area (Å²) in [4.78, 5) is 22.5. The molecule has 0 aliphatic carbocycles. The van der Waals surface area contributed by atoms with Crippen molar-refractivity contribution in [3.8, 4) is 0 Å². The van der Waals surface area contributed by atoms with Gasteiger partial charge < -0.3 is 15.8 Å². The molecule has 170 valence electrons. The van der Waals surface area contributed by atoms with Gasteiger partial charge in [-0.05, 0) is 50.5 Å². The fourth-order valence-corrected chi connectivity index (χ4v) is 3.52. The predicted molar refractivity (Wildman–Crippen MR) is 132 cm³/mol. The van der Waals surface area contributed by atoms with Crippen LogP contribution in [0.15, 0.2) is 53.6 Å². The van der Waals surface area contributed by atoms with Crippen LogP contribution in [0.3, 0.4) is 0 Å². The number of amides is 1.